The van der Waals surface area contributed by atoms with Crippen LogP contribution in [0, 0.1) is 0 Å². The Morgan fingerprint density at radius 1 is 1.47 bits per heavy atom. The summed E-state index contributed by atoms with van der Waals surface area (Å²) in [6, 6.07) is 4.61. The topological polar surface area (TPSA) is 61.5 Å². The Labute approximate surface area is 92.9 Å². The van der Waals surface area contributed by atoms with Crippen LogP contribution in [0.15, 0.2) is 18.2 Å². The second-order valence-electron chi connectivity index (χ2n) is 2.87. The molecule has 2 N–H and O–H groups in total. The molecule has 0 amide bonds. The van der Waals surface area contributed by atoms with Gasteiger partial charge in [-0.3, -0.25) is 0 Å². The zero-order valence-electron chi connectivity index (χ0n) is 8.33. The molecule has 0 heterocycles. The lowest BCUT2D eigenvalue weighted by Crippen LogP contribution is -2.10. The summed E-state index contributed by atoms with van der Waals surface area (Å²) in [4.78, 5) is 11.4. The first-order valence-electron chi connectivity index (χ1n) is 4.36. The molecule has 1 aromatic carbocycles. The maximum Gasteiger partial charge on any atom is 0.338 e. The molecule has 1 rings (SSSR count). The van der Waals surface area contributed by atoms with Crippen molar-refractivity contribution in [1.29, 1.82) is 0 Å². The number of carbonyl (C=O) groups is 1. The summed E-state index contributed by atoms with van der Waals surface area (Å²) in [6.07, 6.45) is 0. The summed E-state index contributed by atoms with van der Waals surface area (Å²) in [5.41, 5.74) is 6.29. The van der Waals surface area contributed by atoms with Gasteiger partial charge in [0, 0.05) is 7.11 Å². The maximum absolute atomic E-state index is 11.4. The fraction of sp³-hybridized carbons (Fsp3) is 0.300. The van der Waals surface area contributed by atoms with E-state index in [1.54, 1.807) is 12.1 Å². The Kier molecular flexibility index (Phi) is 4.39. The SMILES string of the molecule is COCCOC(=O)c1ccc(Cl)c(N)c1. The Morgan fingerprint density at radius 3 is 2.80 bits per heavy atom. The fourth-order valence-electron chi connectivity index (χ4n) is 0.972. The molecule has 4 nitrogen and oxygen atoms in total. The normalized spacial score (nSPS) is 10.0. The Hall–Kier alpha value is -1.26. The Balaban J connectivity index is 2.62. The van der Waals surface area contributed by atoms with Gasteiger partial charge in [0.15, 0.2) is 0 Å². The van der Waals surface area contributed by atoms with E-state index in [9.17, 15) is 4.79 Å². The predicted octanol–water partition coefficient (Wildman–Crippen LogP) is 1.73. The van der Waals surface area contributed by atoms with Crippen LogP contribution in [0.5, 0.6) is 0 Å². The smallest absolute Gasteiger partial charge is 0.338 e. The van der Waals surface area contributed by atoms with Crippen molar-refractivity contribution in [2.75, 3.05) is 26.1 Å². The van der Waals surface area contributed by atoms with Gasteiger partial charge >= 0.3 is 5.97 Å². The highest BCUT2D eigenvalue weighted by molar-refractivity contribution is 6.33. The molecule has 0 atom stereocenters. The summed E-state index contributed by atoms with van der Waals surface area (Å²) in [5, 5.41) is 0.420. The van der Waals surface area contributed by atoms with Crippen LogP contribution >= 0.6 is 11.6 Å². The molecule has 5 heteroatoms. The van der Waals surface area contributed by atoms with Gasteiger partial charge in [-0.1, -0.05) is 11.6 Å². The zero-order chi connectivity index (χ0) is 11.3. The second kappa shape index (κ2) is 5.58. The lowest BCUT2D eigenvalue weighted by Gasteiger charge is -2.05. The molecule has 0 aromatic heterocycles. The van der Waals surface area contributed by atoms with Crippen LogP contribution in [0.4, 0.5) is 5.69 Å². The van der Waals surface area contributed by atoms with Crippen LogP contribution in [-0.2, 0) is 9.47 Å². The predicted molar refractivity (Wildman–Crippen MR) is 58.0 cm³/mol. The summed E-state index contributed by atoms with van der Waals surface area (Å²) in [5.74, 6) is -0.435. The van der Waals surface area contributed by atoms with Gasteiger partial charge in [-0.05, 0) is 18.2 Å². The van der Waals surface area contributed by atoms with Crippen LogP contribution in [-0.4, -0.2) is 26.3 Å². The highest BCUT2D eigenvalue weighted by Crippen LogP contribution is 2.19. The lowest BCUT2D eigenvalue weighted by molar-refractivity contribution is 0.0388. The van der Waals surface area contributed by atoms with Gasteiger partial charge in [-0.15, -0.1) is 0 Å². The van der Waals surface area contributed by atoms with Gasteiger partial charge in [-0.25, -0.2) is 4.79 Å². The van der Waals surface area contributed by atoms with Crippen LogP contribution in [0.25, 0.3) is 0 Å². The third-order valence-corrected chi connectivity index (χ3v) is 2.10. The molecule has 0 unspecified atom stereocenters. The van der Waals surface area contributed by atoms with E-state index in [1.807, 2.05) is 0 Å². The maximum atomic E-state index is 11.4. The van der Waals surface area contributed by atoms with Crippen molar-refractivity contribution >= 4 is 23.3 Å². The number of nitrogen functional groups attached to an aromatic ring is 1. The number of esters is 1. The van der Waals surface area contributed by atoms with Crippen molar-refractivity contribution in [3.05, 3.63) is 28.8 Å². The summed E-state index contributed by atoms with van der Waals surface area (Å²) in [7, 11) is 1.54. The Bertz CT molecular complexity index is 355. The van der Waals surface area contributed by atoms with Crippen molar-refractivity contribution in [2.24, 2.45) is 0 Å². The summed E-state index contributed by atoms with van der Waals surface area (Å²) >= 11 is 5.72. The monoisotopic (exact) mass is 229 g/mol. The molecule has 15 heavy (non-hydrogen) atoms. The first-order chi connectivity index (χ1) is 7.15. The molecule has 0 bridgehead atoms. The second-order valence-corrected chi connectivity index (χ2v) is 3.27. The number of methoxy groups -OCH3 is 1. The number of hydrogen-bond acceptors (Lipinski definition) is 4. The van der Waals surface area contributed by atoms with Gasteiger partial charge in [0.2, 0.25) is 0 Å². The van der Waals surface area contributed by atoms with Crippen molar-refractivity contribution < 1.29 is 14.3 Å². The van der Waals surface area contributed by atoms with Crippen LogP contribution in [0.2, 0.25) is 5.02 Å². The average molecular weight is 230 g/mol. The quantitative estimate of drug-likeness (QED) is 0.485. The van der Waals surface area contributed by atoms with Crippen molar-refractivity contribution in [3.63, 3.8) is 0 Å². The van der Waals surface area contributed by atoms with E-state index in [1.165, 1.54) is 13.2 Å². The molecule has 0 aliphatic carbocycles. The number of ether oxygens (including phenoxy) is 2. The molecule has 1 aromatic rings. The minimum absolute atomic E-state index is 0.220. The standard InChI is InChI=1S/C10H12ClNO3/c1-14-4-5-15-10(13)7-2-3-8(11)9(12)6-7/h2-3,6H,4-5,12H2,1H3. The molecule has 82 valence electrons. The molecule has 0 spiro atoms. The van der Waals surface area contributed by atoms with E-state index in [2.05, 4.69) is 0 Å². The molecule has 0 aliphatic rings. The third kappa shape index (κ3) is 3.42. The fourth-order valence-corrected chi connectivity index (χ4v) is 1.09. The highest BCUT2D eigenvalue weighted by atomic mass is 35.5. The minimum Gasteiger partial charge on any atom is -0.460 e. The Morgan fingerprint density at radius 2 is 2.20 bits per heavy atom. The number of anilines is 1. The summed E-state index contributed by atoms with van der Waals surface area (Å²) in [6.45, 7) is 0.590. The number of carbonyl (C=O) groups excluding carboxylic acids is 1. The van der Waals surface area contributed by atoms with E-state index >= 15 is 0 Å². The average Bonchev–Trinajstić information content (AvgIpc) is 2.22. The van der Waals surface area contributed by atoms with Gasteiger partial charge in [0.25, 0.3) is 0 Å². The van der Waals surface area contributed by atoms with Crippen LogP contribution in [0.3, 0.4) is 0 Å². The van der Waals surface area contributed by atoms with Crippen molar-refractivity contribution in [1.82, 2.24) is 0 Å². The van der Waals surface area contributed by atoms with Crippen LogP contribution in [0.1, 0.15) is 10.4 Å². The van der Waals surface area contributed by atoms with Gasteiger partial charge in [0.1, 0.15) is 6.61 Å². The summed E-state index contributed by atoms with van der Waals surface area (Å²) < 4.78 is 9.65. The van der Waals surface area contributed by atoms with E-state index in [-0.39, 0.29) is 6.61 Å². The van der Waals surface area contributed by atoms with E-state index in [4.69, 9.17) is 26.8 Å². The largest absolute Gasteiger partial charge is 0.460 e. The lowest BCUT2D eigenvalue weighted by atomic mass is 10.2. The number of hydrogen-bond donors (Lipinski definition) is 1. The number of halogens is 1. The van der Waals surface area contributed by atoms with Crippen molar-refractivity contribution in [3.8, 4) is 0 Å². The first kappa shape index (κ1) is 11.8. The van der Waals surface area contributed by atoms with E-state index in [0.29, 0.717) is 22.9 Å². The molecular weight excluding hydrogens is 218 g/mol. The van der Waals surface area contributed by atoms with E-state index < -0.39 is 5.97 Å². The van der Waals surface area contributed by atoms with Gasteiger partial charge in [-0.2, -0.15) is 0 Å². The van der Waals surface area contributed by atoms with E-state index in [0.717, 1.165) is 0 Å². The van der Waals surface area contributed by atoms with Crippen LogP contribution < -0.4 is 5.73 Å². The van der Waals surface area contributed by atoms with Gasteiger partial charge in [0.05, 0.1) is 22.9 Å². The van der Waals surface area contributed by atoms with Gasteiger partial charge < -0.3 is 15.2 Å². The number of benzene rings is 1. The molecule has 0 radical (unpaired) electrons. The molecule has 0 fully saturated rings. The van der Waals surface area contributed by atoms with Crippen molar-refractivity contribution in [2.45, 2.75) is 0 Å². The third-order valence-electron chi connectivity index (χ3n) is 1.75. The molecule has 0 aliphatic heterocycles. The number of rotatable bonds is 4. The molecule has 0 saturated heterocycles. The number of nitrogens with two attached hydrogens (primary N) is 1. The molecular formula is C10H12ClNO3. The zero-order valence-corrected chi connectivity index (χ0v) is 9.08. The molecule has 0 saturated carbocycles. The highest BCUT2D eigenvalue weighted by Gasteiger charge is 2.08. The first-order valence-corrected chi connectivity index (χ1v) is 4.74. The minimum atomic E-state index is -0.435.